The zero-order chi connectivity index (χ0) is 25.7. The fourth-order valence-electron chi connectivity index (χ4n) is 3.68. The Morgan fingerprint density at radius 3 is 2.50 bits per heavy atom. The van der Waals surface area contributed by atoms with Crippen molar-refractivity contribution in [2.24, 2.45) is 0 Å². The summed E-state index contributed by atoms with van der Waals surface area (Å²) in [7, 11) is 4.57. The van der Waals surface area contributed by atoms with Gasteiger partial charge >= 0.3 is 0 Å². The summed E-state index contributed by atoms with van der Waals surface area (Å²) in [6.45, 7) is 1.94. The summed E-state index contributed by atoms with van der Waals surface area (Å²) in [6, 6.07) is 12.0. The van der Waals surface area contributed by atoms with Gasteiger partial charge in [-0.05, 0) is 18.2 Å². The number of fused-ring (bicyclic) bond motifs is 1. The SMILES string of the molecule is CCc1cc(NC(=O)Cc2ccc(Oc3ccnc4cc(OC)c(C(=O)NC)cc34)cc2OC)no1. The van der Waals surface area contributed by atoms with Gasteiger partial charge in [0, 0.05) is 48.8 Å². The highest BCUT2D eigenvalue weighted by atomic mass is 16.5. The van der Waals surface area contributed by atoms with Crippen LogP contribution in [0, 0.1) is 0 Å². The molecule has 2 aromatic heterocycles. The topological polar surface area (TPSA) is 125 Å². The lowest BCUT2D eigenvalue weighted by Gasteiger charge is -2.14. The Hall–Kier alpha value is -4.60. The van der Waals surface area contributed by atoms with Crippen LogP contribution in [0.1, 0.15) is 28.6 Å². The molecule has 2 N–H and O–H groups in total. The summed E-state index contributed by atoms with van der Waals surface area (Å²) in [6.07, 6.45) is 2.37. The minimum absolute atomic E-state index is 0.0746. The van der Waals surface area contributed by atoms with E-state index >= 15 is 0 Å². The lowest BCUT2D eigenvalue weighted by atomic mass is 10.1. The Labute approximate surface area is 207 Å². The minimum atomic E-state index is -0.288. The molecule has 0 spiro atoms. The molecule has 0 atom stereocenters. The first-order valence-corrected chi connectivity index (χ1v) is 11.2. The van der Waals surface area contributed by atoms with Crippen molar-refractivity contribution < 1.29 is 28.3 Å². The lowest BCUT2D eigenvalue weighted by molar-refractivity contribution is -0.115. The number of hydrogen-bond donors (Lipinski definition) is 2. The maximum Gasteiger partial charge on any atom is 0.254 e. The van der Waals surface area contributed by atoms with Crippen molar-refractivity contribution in [2.75, 3.05) is 26.6 Å². The molecule has 0 unspecified atom stereocenters. The molecule has 0 fully saturated rings. The van der Waals surface area contributed by atoms with E-state index in [2.05, 4.69) is 20.8 Å². The van der Waals surface area contributed by atoms with Gasteiger partial charge in [0.2, 0.25) is 5.91 Å². The van der Waals surface area contributed by atoms with Crippen LogP contribution in [0.3, 0.4) is 0 Å². The molecule has 2 amide bonds. The molecule has 2 aromatic carbocycles. The zero-order valence-electron chi connectivity index (χ0n) is 20.4. The van der Waals surface area contributed by atoms with Crippen LogP contribution < -0.4 is 24.8 Å². The van der Waals surface area contributed by atoms with Crippen LogP contribution in [-0.2, 0) is 17.6 Å². The molecule has 0 saturated heterocycles. The largest absolute Gasteiger partial charge is 0.496 e. The van der Waals surface area contributed by atoms with Gasteiger partial charge in [-0.3, -0.25) is 14.6 Å². The van der Waals surface area contributed by atoms with Crippen LogP contribution in [0.15, 0.2) is 53.2 Å². The van der Waals surface area contributed by atoms with Gasteiger partial charge in [0.05, 0.1) is 31.7 Å². The van der Waals surface area contributed by atoms with Crippen LogP contribution in [0.25, 0.3) is 10.9 Å². The molecule has 10 nitrogen and oxygen atoms in total. The Morgan fingerprint density at radius 2 is 1.81 bits per heavy atom. The van der Waals surface area contributed by atoms with Crippen LogP contribution >= 0.6 is 0 Å². The molecule has 0 aliphatic rings. The number of methoxy groups -OCH3 is 2. The van der Waals surface area contributed by atoms with E-state index in [1.165, 1.54) is 14.2 Å². The molecular weight excluding hydrogens is 464 g/mol. The zero-order valence-corrected chi connectivity index (χ0v) is 20.4. The number of carbonyl (C=O) groups excluding carboxylic acids is 2. The molecule has 0 bridgehead atoms. The van der Waals surface area contributed by atoms with Crippen molar-refractivity contribution in [3.05, 3.63) is 65.5 Å². The van der Waals surface area contributed by atoms with E-state index in [1.54, 1.807) is 55.7 Å². The van der Waals surface area contributed by atoms with Crippen molar-refractivity contribution in [3.63, 3.8) is 0 Å². The fraction of sp³-hybridized carbons (Fsp3) is 0.231. The molecule has 0 aliphatic carbocycles. The van der Waals surface area contributed by atoms with Gasteiger partial charge in [-0.15, -0.1) is 0 Å². The molecule has 0 aliphatic heterocycles. The lowest BCUT2D eigenvalue weighted by Crippen LogP contribution is -2.18. The van der Waals surface area contributed by atoms with Gasteiger partial charge in [0.15, 0.2) is 5.82 Å². The average molecular weight is 491 g/mol. The second-order valence-corrected chi connectivity index (χ2v) is 7.79. The van der Waals surface area contributed by atoms with Crippen LogP contribution in [0.5, 0.6) is 23.0 Å². The van der Waals surface area contributed by atoms with E-state index in [4.69, 9.17) is 18.7 Å². The number of aromatic nitrogens is 2. The Balaban J connectivity index is 1.57. The monoisotopic (exact) mass is 490 g/mol. The van der Waals surface area contributed by atoms with E-state index in [0.29, 0.717) is 63.0 Å². The van der Waals surface area contributed by atoms with E-state index < -0.39 is 0 Å². The quantitative estimate of drug-likeness (QED) is 0.359. The second-order valence-electron chi connectivity index (χ2n) is 7.79. The number of nitrogens with zero attached hydrogens (tertiary/aromatic N) is 2. The molecule has 2 heterocycles. The molecule has 36 heavy (non-hydrogen) atoms. The molecule has 0 saturated carbocycles. The number of carbonyl (C=O) groups is 2. The predicted molar refractivity (Wildman–Crippen MR) is 133 cm³/mol. The standard InChI is InChI=1S/C26H26N4O6/c1-5-16-12-24(30-36-16)29-25(31)10-15-6-7-17(11-22(15)33-3)35-21-8-9-28-20-14-23(34-4)19(13-18(20)21)26(32)27-2/h6-9,11-14H,5,10H2,1-4H3,(H,27,32)(H,29,30,31). The maximum atomic E-state index is 12.5. The second kappa shape index (κ2) is 10.8. The molecule has 0 radical (unpaired) electrons. The fourth-order valence-corrected chi connectivity index (χ4v) is 3.68. The molecule has 10 heteroatoms. The molecule has 4 rings (SSSR count). The van der Waals surface area contributed by atoms with Crippen molar-refractivity contribution in [2.45, 2.75) is 19.8 Å². The van der Waals surface area contributed by atoms with Crippen molar-refractivity contribution in [1.29, 1.82) is 0 Å². The number of hydrogen-bond acceptors (Lipinski definition) is 8. The summed E-state index contributed by atoms with van der Waals surface area (Å²) >= 11 is 0. The number of aryl methyl sites for hydroxylation is 1. The number of pyridine rings is 1. The Bertz CT molecular complexity index is 1420. The Morgan fingerprint density at radius 1 is 1.00 bits per heavy atom. The molecule has 4 aromatic rings. The normalized spacial score (nSPS) is 10.7. The Kier molecular flexibility index (Phi) is 7.33. The van der Waals surface area contributed by atoms with Crippen molar-refractivity contribution in [3.8, 4) is 23.0 Å². The minimum Gasteiger partial charge on any atom is -0.496 e. The van der Waals surface area contributed by atoms with Gasteiger partial charge in [-0.2, -0.15) is 0 Å². The average Bonchev–Trinajstić information content (AvgIpc) is 3.35. The third-order valence-electron chi connectivity index (χ3n) is 5.51. The first kappa shape index (κ1) is 24.5. The highest BCUT2D eigenvalue weighted by molar-refractivity contribution is 6.02. The first-order valence-electron chi connectivity index (χ1n) is 11.2. The summed E-state index contributed by atoms with van der Waals surface area (Å²) in [4.78, 5) is 29.2. The highest BCUT2D eigenvalue weighted by Gasteiger charge is 2.17. The van der Waals surface area contributed by atoms with Crippen molar-refractivity contribution >= 4 is 28.5 Å². The summed E-state index contributed by atoms with van der Waals surface area (Å²) < 4.78 is 22.1. The van der Waals surface area contributed by atoms with E-state index in [0.717, 1.165) is 0 Å². The molecule has 186 valence electrons. The maximum absolute atomic E-state index is 12.5. The van der Waals surface area contributed by atoms with E-state index in [-0.39, 0.29) is 18.2 Å². The molecular formula is C26H26N4O6. The number of ether oxygens (including phenoxy) is 3. The smallest absolute Gasteiger partial charge is 0.254 e. The van der Waals surface area contributed by atoms with Crippen LogP contribution in [0.2, 0.25) is 0 Å². The van der Waals surface area contributed by atoms with Crippen LogP contribution in [-0.4, -0.2) is 43.2 Å². The number of nitrogens with one attached hydrogen (secondary N) is 2. The number of rotatable bonds is 9. The highest BCUT2D eigenvalue weighted by Crippen LogP contribution is 2.35. The number of anilines is 1. The van der Waals surface area contributed by atoms with Gasteiger partial charge in [-0.25, -0.2) is 0 Å². The van der Waals surface area contributed by atoms with Gasteiger partial charge in [0.25, 0.3) is 5.91 Å². The van der Waals surface area contributed by atoms with Crippen LogP contribution in [0.4, 0.5) is 5.82 Å². The summed E-state index contributed by atoms with van der Waals surface area (Å²) in [5, 5.41) is 9.80. The van der Waals surface area contributed by atoms with Gasteiger partial charge < -0.3 is 29.4 Å². The van der Waals surface area contributed by atoms with E-state index in [9.17, 15) is 9.59 Å². The summed E-state index contributed by atoms with van der Waals surface area (Å²) in [5.41, 5.74) is 1.64. The summed E-state index contributed by atoms with van der Waals surface area (Å²) in [5.74, 6) is 2.40. The predicted octanol–water partition coefficient (Wildman–Crippen LogP) is 4.14. The third kappa shape index (κ3) is 5.22. The first-order chi connectivity index (χ1) is 17.4. The van der Waals surface area contributed by atoms with Gasteiger partial charge in [0.1, 0.15) is 28.8 Å². The van der Waals surface area contributed by atoms with Crippen molar-refractivity contribution in [1.82, 2.24) is 15.5 Å². The number of amides is 2. The van der Waals surface area contributed by atoms with Gasteiger partial charge in [-0.1, -0.05) is 18.1 Å². The third-order valence-corrected chi connectivity index (χ3v) is 5.51. The van der Waals surface area contributed by atoms with E-state index in [1.807, 2.05) is 6.92 Å². The number of benzene rings is 2.